The highest BCUT2D eigenvalue weighted by Crippen LogP contribution is 2.63. The topological polar surface area (TPSA) is 37.3 Å². The zero-order chi connectivity index (χ0) is 15.7. The second-order valence-electron chi connectivity index (χ2n) is 8.75. The lowest BCUT2D eigenvalue weighted by molar-refractivity contribution is -0.143. The minimum Gasteiger partial charge on any atom is -0.393 e. The molecule has 120 valence electrons. The lowest BCUT2D eigenvalue weighted by Gasteiger charge is -2.57. The Labute approximate surface area is 133 Å². The average Bonchev–Trinajstić information content (AvgIpc) is 2.75. The van der Waals surface area contributed by atoms with E-state index in [1.54, 1.807) is 0 Å². The van der Waals surface area contributed by atoms with Crippen molar-refractivity contribution in [3.05, 3.63) is 23.3 Å². The Balaban J connectivity index is 1.78. The molecule has 1 N–H and O–H groups in total. The Morgan fingerprint density at radius 2 is 2.00 bits per heavy atom. The van der Waals surface area contributed by atoms with Gasteiger partial charge in [-0.05, 0) is 67.8 Å². The van der Waals surface area contributed by atoms with Gasteiger partial charge in [-0.3, -0.25) is 4.79 Å². The minimum absolute atomic E-state index is 0.106. The van der Waals surface area contributed by atoms with Crippen LogP contribution in [-0.2, 0) is 4.79 Å². The normalized spacial score (nSPS) is 50.6. The molecule has 2 nitrogen and oxygen atoms in total. The van der Waals surface area contributed by atoms with Crippen LogP contribution >= 0.6 is 0 Å². The first kappa shape index (κ1) is 14.7. The van der Waals surface area contributed by atoms with Crippen LogP contribution in [0.1, 0.15) is 59.3 Å². The third-order valence-corrected chi connectivity index (χ3v) is 7.61. The molecule has 0 bridgehead atoms. The smallest absolute Gasteiger partial charge is 0.139 e. The van der Waals surface area contributed by atoms with Crippen LogP contribution in [-0.4, -0.2) is 17.0 Å². The van der Waals surface area contributed by atoms with E-state index in [1.165, 1.54) is 11.1 Å². The molecule has 2 heteroatoms. The average molecular weight is 300 g/mol. The van der Waals surface area contributed by atoms with Gasteiger partial charge in [0.15, 0.2) is 0 Å². The Morgan fingerprint density at radius 1 is 1.23 bits per heavy atom. The van der Waals surface area contributed by atoms with E-state index < -0.39 is 0 Å². The van der Waals surface area contributed by atoms with Gasteiger partial charge in [0.2, 0.25) is 0 Å². The highest BCUT2D eigenvalue weighted by Gasteiger charge is 2.61. The second kappa shape index (κ2) is 4.56. The van der Waals surface area contributed by atoms with E-state index in [0.29, 0.717) is 30.0 Å². The highest BCUT2D eigenvalue weighted by molar-refractivity contribution is 5.87. The number of aliphatic hydroxyl groups excluding tert-OH is 1. The molecule has 4 rings (SSSR count). The number of carbonyl (C=O) groups is 1. The van der Waals surface area contributed by atoms with E-state index in [-0.39, 0.29) is 16.9 Å². The number of ketones is 1. The molecule has 0 aromatic rings. The molecule has 2 fully saturated rings. The molecular formula is C20H28O2. The highest BCUT2D eigenvalue weighted by atomic mass is 16.3. The van der Waals surface area contributed by atoms with E-state index in [9.17, 15) is 9.90 Å². The number of hydrogen-bond acceptors (Lipinski definition) is 2. The summed E-state index contributed by atoms with van der Waals surface area (Å²) >= 11 is 0. The molecule has 0 radical (unpaired) electrons. The summed E-state index contributed by atoms with van der Waals surface area (Å²) in [5, 5.41) is 11.0. The van der Waals surface area contributed by atoms with Crippen LogP contribution < -0.4 is 0 Å². The van der Waals surface area contributed by atoms with Gasteiger partial charge in [0.1, 0.15) is 5.78 Å². The fourth-order valence-corrected chi connectivity index (χ4v) is 6.37. The molecule has 0 heterocycles. The number of allylic oxidation sites excluding steroid dienone is 4. The summed E-state index contributed by atoms with van der Waals surface area (Å²) in [5.41, 5.74) is 2.76. The molecule has 0 amide bonds. The van der Waals surface area contributed by atoms with E-state index >= 15 is 0 Å². The van der Waals surface area contributed by atoms with E-state index in [2.05, 4.69) is 32.9 Å². The lowest BCUT2D eigenvalue weighted by Crippen LogP contribution is -2.55. The van der Waals surface area contributed by atoms with Crippen LogP contribution in [0.2, 0.25) is 0 Å². The molecule has 0 aliphatic heterocycles. The van der Waals surface area contributed by atoms with Crippen molar-refractivity contribution in [1.82, 2.24) is 0 Å². The van der Waals surface area contributed by atoms with Crippen LogP contribution in [0.3, 0.4) is 0 Å². The fourth-order valence-electron chi connectivity index (χ4n) is 6.37. The van der Waals surface area contributed by atoms with Crippen molar-refractivity contribution in [3.63, 3.8) is 0 Å². The molecule has 2 saturated carbocycles. The van der Waals surface area contributed by atoms with Crippen LogP contribution in [0.25, 0.3) is 0 Å². The first-order chi connectivity index (χ1) is 10.4. The summed E-state index contributed by atoms with van der Waals surface area (Å²) in [4.78, 5) is 12.4. The minimum atomic E-state index is -0.325. The van der Waals surface area contributed by atoms with Crippen molar-refractivity contribution < 1.29 is 9.90 Å². The van der Waals surface area contributed by atoms with Gasteiger partial charge in [0.05, 0.1) is 6.10 Å². The van der Waals surface area contributed by atoms with Gasteiger partial charge in [-0.1, -0.05) is 31.6 Å². The molecule has 0 spiro atoms. The van der Waals surface area contributed by atoms with Gasteiger partial charge in [0.25, 0.3) is 0 Å². The van der Waals surface area contributed by atoms with Crippen molar-refractivity contribution in [1.29, 1.82) is 0 Å². The van der Waals surface area contributed by atoms with Crippen LogP contribution in [0.4, 0.5) is 0 Å². The van der Waals surface area contributed by atoms with Gasteiger partial charge in [-0.2, -0.15) is 0 Å². The van der Waals surface area contributed by atoms with Crippen LogP contribution in [0.5, 0.6) is 0 Å². The maximum Gasteiger partial charge on any atom is 0.139 e. The number of hydrogen-bond donors (Lipinski definition) is 1. The van der Waals surface area contributed by atoms with E-state index in [0.717, 1.165) is 32.1 Å². The Hall–Kier alpha value is -0.890. The molecule has 6 atom stereocenters. The number of fused-ring (bicyclic) bond motifs is 5. The molecular weight excluding hydrogens is 272 g/mol. The number of aliphatic hydroxyl groups is 1. The standard InChI is InChI=1S/C20H28O2/c1-12-8-9-19(2)13(10-12)4-5-14-15-6-7-17(22)20(15,3)11-16(21)18(14)19/h4,10,14-16,18,21H,5-9,11H2,1-3H3/t14-,15-,16-,18+,19-,20-/m0/s1. The third-order valence-electron chi connectivity index (χ3n) is 7.61. The van der Waals surface area contributed by atoms with E-state index in [1.807, 2.05) is 0 Å². The van der Waals surface area contributed by atoms with Crippen LogP contribution in [0, 0.1) is 28.6 Å². The number of rotatable bonds is 0. The second-order valence-corrected chi connectivity index (χ2v) is 8.75. The first-order valence-electron chi connectivity index (χ1n) is 8.95. The lowest BCUT2D eigenvalue weighted by atomic mass is 9.47. The summed E-state index contributed by atoms with van der Waals surface area (Å²) in [5.74, 6) is 1.70. The fraction of sp³-hybridized carbons (Fsp3) is 0.750. The van der Waals surface area contributed by atoms with Gasteiger partial charge >= 0.3 is 0 Å². The zero-order valence-corrected chi connectivity index (χ0v) is 14.1. The van der Waals surface area contributed by atoms with Gasteiger partial charge < -0.3 is 5.11 Å². The summed E-state index contributed by atoms with van der Waals surface area (Å²) in [6, 6.07) is 0. The Kier molecular flexibility index (Phi) is 3.05. The Bertz CT molecular complexity index is 587. The molecule has 4 aliphatic carbocycles. The van der Waals surface area contributed by atoms with E-state index in [4.69, 9.17) is 0 Å². The molecule has 4 aliphatic rings. The summed E-state index contributed by atoms with van der Waals surface area (Å²) in [7, 11) is 0. The first-order valence-corrected chi connectivity index (χ1v) is 8.95. The quantitative estimate of drug-likeness (QED) is 0.733. The maximum absolute atomic E-state index is 12.4. The summed E-state index contributed by atoms with van der Waals surface area (Å²) in [6.45, 7) is 6.71. The van der Waals surface area contributed by atoms with Gasteiger partial charge in [0, 0.05) is 11.8 Å². The van der Waals surface area contributed by atoms with Crippen LogP contribution in [0.15, 0.2) is 23.3 Å². The SMILES string of the molecule is CC1=CC2=CC[C@@H]3[C@H]([C@@H](O)C[C@]4(C)C(=O)CC[C@@H]34)[C@@]2(C)CC1. The van der Waals surface area contributed by atoms with Crippen molar-refractivity contribution in [2.75, 3.05) is 0 Å². The predicted octanol–water partition coefficient (Wildman–Crippen LogP) is 4.05. The van der Waals surface area contributed by atoms with Crippen molar-refractivity contribution in [2.45, 2.75) is 65.4 Å². The van der Waals surface area contributed by atoms with Gasteiger partial charge in [-0.25, -0.2) is 0 Å². The largest absolute Gasteiger partial charge is 0.393 e. The molecule has 0 unspecified atom stereocenters. The zero-order valence-electron chi connectivity index (χ0n) is 14.1. The van der Waals surface area contributed by atoms with Crippen molar-refractivity contribution in [2.24, 2.45) is 28.6 Å². The maximum atomic E-state index is 12.4. The molecule has 22 heavy (non-hydrogen) atoms. The number of Topliss-reactive ketones (excluding diaryl/α,β-unsaturated/α-hetero) is 1. The predicted molar refractivity (Wildman–Crippen MR) is 87.2 cm³/mol. The molecule has 0 saturated heterocycles. The van der Waals surface area contributed by atoms with Gasteiger partial charge in [-0.15, -0.1) is 0 Å². The monoisotopic (exact) mass is 300 g/mol. The summed E-state index contributed by atoms with van der Waals surface area (Å²) < 4.78 is 0. The van der Waals surface area contributed by atoms with Crippen molar-refractivity contribution >= 4 is 5.78 Å². The third kappa shape index (κ3) is 1.73. The summed E-state index contributed by atoms with van der Waals surface area (Å²) in [6.07, 6.45) is 10.2. The Morgan fingerprint density at radius 3 is 2.77 bits per heavy atom. The molecule has 0 aromatic heterocycles. The number of carbonyl (C=O) groups excluding carboxylic acids is 1. The molecule has 0 aromatic carbocycles. The van der Waals surface area contributed by atoms with Crippen molar-refractivity contribution in [3.8, 4) is 0 Å².